The Morgan fingerprint density at radius 3 is 0.738 bits per heavy atom. The molecule has 0 saturated heterocycles. The Bertz CT molecular complexity index is 4930. The fourth-order valence-corrected chi connectivity index (χ4v) is 13.3. The zero-order valence-electron chi connectivity index (χ0n) is 40.6. The lowest BCUT2D eigenvalue weighted by atomic mass is 10.1. The lowest BCUT2D eigenvalue weighted by molar-refractivity contribution is 0.483. The molecule has 2 aliphatic rings. The fourth-order valence-electron chi connectivity index (χ4n) is 9.17. The molecule has 28 heteroatoms. The van der Waals surface area contributed by atoms with Crippen LogP contribution in [0.4, 0.5) is 0 Å². The molecule has 2 aliphatic heterocycles. The second-order valence-electron chi connectivity index (χ2n) is 17.8. The zero-order valence-corrected chi connectivity index (χ0v) is 52.7. The SMILES string of the molecule is Clc1ccccc1Oc1c(Cl)c(Cl)c2c(c1Cl)-c1nc-2nc2[nH]c(nc3nc(nc4[nH]c(n1)c1c(Cl)c(Cl)c(Oc5ccccc5Cl)c(Cl)c41)-c1c(Cl)c(Cl)c(Oc4ccccc4Cl)c(Cl)c1-3)c1c(Cl)c(Oc3ccccc3Cl)c(Cl)c(Cl)c21. The number of benzene rings is 8. The second kappa shape index (κ2) is 22.6. The molecular weight excluding hydrogens is 1420 g/mol. The Balaban J connectivity index is 1.21. The van der Waals surface area contributed by atoms with E-state index in [9.17, 15) is 0 Å². The van der Waals surface area contributed by atoms with Gasteiger partial charge in [0.2, 0.25) is 0 Å². The van der Waals surface area contributed by atoms with Crippen molar-refractivity contribution in [2.45, 2.75) is 0 Å². The molecule has 0 unspecified atom stereocenters. The number of nitrogens with zero attached hydrogens (tertiary/aromatic N) is 6. The summed E-state index contributed by atoms with van der Waals surface area (Å²) in [5, 5.41) is -0.496. The Hall–Kier alpha value is -5.04. The number of H-pyrrole nitrogens is 2. The van der Waals surface area contributed by atoms with E-state index in [1.807, 2.05) is 0 Å². The first-order valence-corrected chi connectivity index (χ1v) is 29.7. The van der Waals surface area contributed by atoms with Gasteiger partial charge in [-0.25, -0.2) is 29.9 Å². The van der Waals surface area contributed by atoms with Crippen LogP contribution in [0.3, 0.4) is 0 Å². The maximum Gasteiger partial charge on any atom is 0.166 e. The summed E-state index contributed by atoms with van der Waals surface area (Å²) in [7, 11) is 0. The molecule has 2 N–H and O–H groups in total. The predicted molar refractivity (Wildman–Crippen MR) is 342 cm³/mol. The van der Waals surface area contributed by atoms with Gasteiger partial charge in [0, 0.05) is 0 Å². The number of nitrogens with one attached hydrogen (secondary N) is 2. The molecule has 0 atom stereocenters. The van der Waals surface area contributed by atoms with Crippen LogP contribution in [0, 0.1) is 0 Å². The van der Waals surface area contributed by atoms with Crippen molar-refractivity contribution in [1.29, 1.82) is 0 Å². The van der Waals surface area contributed by atoms with E-state index in [1.54, 1.807) is 97.1 Å². The van der Waals surface area contributed by atoms with Crippen LogP contribution in [0.25, 0.3) is 89.7 Å². The van der Waals surface area contributed by atoms with Gasteiger partial charge in [-0.1, -0.05) is 234 Å². The highest BCUT2D eigenvalue weighted by Gasteiger charge is 2.36. The summed E-state index contributed by atoms with van der Waals surface area (Å²) >= 11 is 114. The first kappa shape index (κ1) is 58.0. The van der Waals surface area contributed by atoms with Crippen LogP contribution in [-0.4, -0.2) is 39.9 Å². The van der Waals surface area contributed by atoms with E-state index in [-0.39, 0.29) is 216 Å². The fraction of sp³-hybridized carbons (Fsp3) is 0. The van der Waals surface area contributed by atoms with Crippen LogP contribution in [0.5, 0.6) is 46.0 Å². The van der Waals surface area contributed by atoms with Crippen molar-refractivity contribution >= 4 is 230 Å². The Labute approximate surface area is 552 Å². The standard InChI is InChI=1S/C56H18Cl16N8O4/c57-17-9-1-5-13-21(17)81-45-37(65)29-25(33(61)41(45)69)49-73-50-26-31(39(67)47(42(70)34(26)62)83-23-15-7-3-11-19(23)59)55(75-50)80-56-32-28(36(64)44(72)48(40(32)68)84-24-16-8-4-12-20(24)60)52(79-56)78-54-30-27(51(77-54)76-53(29)74-49)35(63)43(71)46(38(30)66)82-22-14-6-2-10-18(22)58/h1-16H,(H2,73,74,75,76,77,78,79,80). The Morgan fingerprint density at radius 1 is 0.238 bits per heavy atom. The molecule has 0 aliphatic carbocycles. The van der Waals surface area contributed by atoms with E-state index >= 15 is 0 Å². The van der Waals surface area contributed by atoms with Crippen molar-refractivity contribution in [2.24, 2.45) is 0 Å². The average Bonchev–Trinajstić information content (AvgIpc) is 1.72. The van der Waals surface area contributed by atoms with Crippen LogP contribution in [0.15, 0.2) is 97.1 Å². The summed E-state index contributed by atoms with van der Waals surface area (Å²) in [4.78, 5) is 36.7. The van der Waals surface area contributed by atoms with Gasteiger partial charge in [0.25, 0.3) is 0 Å². The molecule has 84 heavy (non-hydrogen) atoms. The van der Waals surface area contributed by atoms with E-state index in [2.05, 4.69) is 9.97 Å². The summed E-state index contributed by atoms with van der Waals surface area (Å²) in [6.45, 7) is 0. The molecule has 8 aromatic carbocycles. The van der Waals surface area contributed by atoms with E-state index in [4.69, 9.17) is 234 Å². The van der Waals surface area contributed by atoms with Gasteiger partial charge in [-0.15, -0.1) is 0 Å². The van der Waals surface area contributed by atoms with Crippen molar-refractivity contribution in [2.75, 3.05) is 0 Å². The highest BCUT2D eigenvalue weighted by molar-refractivity contribution is 6.54. The minimum Gasteiger partial charge on any atom is -0.453 e. The molecule has 11 aromatic rings. The van der Waals surface area contributed by atoms with E-state index < -0.39 is 0 Å². The molecular formula is C56H18Cl16N8O4. The first-order valence-electron chi connectivity index (χ1n) is 23.6. The third kappa shape index (κ3) is 9.61. The third-order valence-corrected chi connectivity index (χ3v) is 19.0. The van der Waals surface area contributed by atoms with Crippen LogP contribution in [0.1, 0.15) is 0 Å². The Kier molecular flexibility index (Phi) is 15.6. The lowest BCUT2D eigenvalue weighted by Gasteiger charge is -2.15. The highest BCUT2D eigenvalue weighted by Crippen LogP contribution is 2.58. The van der Waals surface area contributed by atoms with Crippen LogP contribution < -0.4 is 18.9 Å². The molecule has 0 spiro atoms. The van der Waals surface area contributed by atoms with E-state index in [0.29, 0.717) is 0 Å². The quantitative estimate of drug-likeness (QED) is 0.141. The van der Waals surface area contributed by atoms with Crippen LogP contribution >= 0.6 is 186 Å². The summed E-state index contributed by atoms with van der Waals surface area (Å²) < 4.78 is 25.3. The number of hydrogen-bond donors (Lipinski definition) is 2. The summed E-state index contributed by atoms with van der Waals surface area (Å²) in [5.74, 6) is -0.385. The highest BCUT2D eigenvalue weighted by atomic mass is 35.5. The minimum atomic E-state index is -0.166. The number of fused-ring (bicyclic) bond motifs is 20. The summed E-state index contributed by atoms with van der Waals surface area (Å²) in [6, 6.07) is 26.5. The average molecular weight is 1430 g/mol. The molecule has 0 saturated carbocycles. The number of halogens is 16. The Morgan fingerprint density at radius 2 is 0.464 bits per heavy atom. The normalized spacial score (nSPS) is 11.8. The molecule has 0 radical (unpaired) electrons. The van der Waals surface area contributed by atoms with Gasteiger partial charge in [-0.2, -0.15) is 0 Å². The van der Waals surface area contributed by atoms with Gasteiger partial charge in [-0.3, -0.25) is 0 Å². The van der Waals surface area contributed by atoms with Gasteiger partial charge in [0.05, 0.1) is 104 Å². The monoisotopic (exact) mass is 1430 g/mol. The van der Waals surface area contributed by atoms with E-state index in [1.165, 1.54) is 0 Å². The van der Waals surface area contributed by atoms with Gasteiger partial charge in [0.1, 0.15) is 65.7 Å². The smallest absolute Gasteiger partial charge is 0.166 e. The van der Waals surface area contributed by atoms with Gasteiger partial charge in [-0.05, 0) is 48.5 Å². The summed E-state index contributed by atoms with van der Waals surface area (Å²) in [6.07, 6.45) is 0. The number of aromatic amines is 2. The molecule has 418 valence electrons. The molecule has 3 aromatic heterocycles. The van der Waals surface area contributed by atoms with Crippen LogP contribution in [-0.2, 0) is 0 Å². The topological polar surface area (TPSA) is 146 Å². The maximum absolute atomic E-state index is 7.44. The van der Waals surface area contributed by atoms with Crippen molar-refractivity contribution < 1.29 is 18.9 Å². The van der Waals surface area contributed by atoms with Crippen molar-refractivity contribution in [1.82, 2.24) is 39.9 Å². The van der Waals surface area contributed by atoms with Gasteiger partial charge < -0.3 is 28.9 Å². The number of para-hydroxylation sites is 4. The van der Waals surface area contributed by atoms with Crippen molar-refractivity contribution in [3.8, 4) is 91.5 Å². The number of ether oxygens (including phenoxy) is 4. The summed E-state index contributed by atoms with van der Waals surface area (Å²) in [5.41, 5.74) is -0.0312. The lowest BCUT2D eigenvalue weighted by Crippen LogP contribution is -1.93. The maximum atomic E-state index is 7.44. The first-order chi connectivity index (χ1) is 40.3. The van der Waals surface area contributed by atoms with Crippen molar-refractivity contribution in [3.05, 3.63) is 177 Å². The number of aromatic nitrogens is 8. The molecule has 8 bridgehead atoms. The molecule has 0 amide bonds. The zero-order chi connectivity index (χ0) is 58.9. The molecule has 13 rings (SSSR count). The van der Waals surface area contributed by atoms with Gasteiger partial charge >= 0.3 is 0 Å². The molecule has 12 nitrogen and oxygen atoms in total. The molecule has 5 heterocycles. The largest absolute Gasteiger partial charge is 0.453 e. The van der Waals surface area contributed by atoms with Crippen molar-refractivity contribution in [3.63, 3.8) is 0 Å². The van der Waals surface area contributed by atoms with Gasteiger partial charge in [0.15, 0.2) is 46.3 Å². The predicted octanol–water partition coefficient (Wildman–Crippen LogP) is 24.5. The minimum absolute atomic E-state index is 0.0515. The number of hydrogen-bond acceptors (Lipinski definition) is 10. The molecule has 0 fully saturated rings. The second-order valence-corrected chi connectivity index (χ2v) is 24.0. The third-order valence-electron chi connectivity index (χ3n) is 12.9. The number of rotatable bonds is 8. The van der Waals surface area contributed by atoms with E-state index in [0.717, 1.165) is 0 Å². The van der Waals surface area contributed by atoms with Crippen LogP contribution in [0.2, 0.25) is 80.4 Å².